The Labute approximate surface area is 204 Å². The third-order valence-corrected chi connectivity index (χ3v) is 5.83. The number of benzene rings is 2. The number of carbonyl (C=O) groups excluding carboxylic acids is 1. The fourth-order valence-corrected chi connectivity index (χ4v) is 3.99. The van der Waals surface area contributed by atoms with Crippen molar-refractivity contribution in [3.63, 3.8) is 0 Å². The normalized spacial score (nSPS) is 15.2. The highest BCUT2D eigenvalue weighted by Gasteiger charge is 2.24. The zero-order valence-electron chi connectivity index (χ0n) is 19.1. The van der Waals surface area contributed by atoms with Crippen molar-refractivity contribution >= 4 is 30.0 Å². The van der Waals surface area contributed by atoms with Gasteiger partial charge in [0.25, 0.3) is 5.91 Å². The standard InChI is InChI=1S/C24H28N2O6.ClH.H2O/c1-17-2-5-19(6-3-17)26(24(29)18-4-7-21-22(14-18)32-16-31-21)13-12-25-10-8-20(9-11-25)30-15-23(27)28;;/h2-7,14,20H,8-13,15-16H2,1H3,(H,27,28);1H;1H2. The molecule has 1 amide bonds. The van der Waals surface area contributed by atoms with E-state index in [0.717, 1.165) is 43.7 Å². The first-order chi connectivity index (χ1) is 15.5. The Morgan fingerprint density at radius 1 is 1.09 bits per heavy atom. The van der Waals surface area contributed by atoms with Crippen molar-refractivity contribution in [1.82, 2.24) is 4.90 Å². The Kier molecular flexibility index (Phi) is 10.1. The molecule has 0 aliphatic carbocycles. The number of anilines is 1. The van der Waals surface area contributed by atoms with Crippen LogP contribution in [0.4, 0.5) is 5.69 Å². The molecule has 4 rings (SSSR count). The van der Waals surface area contributed by atoms with Gasteiger partial charge in [-0.15, -0.1) is 12.4 Å². The molecular weight excluding hydrogens is 464 g/mol. The molecule has 2 aliphatic heterocycles. The van der Waals surface area contributed by atoms with Crippen molar-refractivity contribution in [3.05, 3.63) is 53.6 Å². The summed E-state index contributed by atoms with van der Waals surface area (Å²) in [5.41, 5.74) is 2.53. The largest absolute Gasteiger partial charge is 0.480 e. The quantitative estimate of drug-likeness (QED) is 0.598. The molecule has 0 atom stereocenters. The lowest BCUT2D eigenvalue weighted by Crippen LogP contribution is -2.43. The van der Waals surface area contributed by atoms with Gasteiger partial charge in [-0.25, -0.2) is 4.79 Å². The number of halogens is 1. The van der Waals surface area contributed by atoms with E-state index in [0.29, 0.717) is 23.6 Å². The number of carboxylic acids is 1. The van der Waals surface area contributed by atoms with Gasteiger partial charge in [0.1, 0.15) is 6.61 Å². The number of aryl methyl sites for hydroxylation is 1. The van der Waals surface area contributed by atoms with Crippen LogP contribution in [-0.4, -0.2) is 73.0 Å². The molecule has 10 heteroatoms. The minimum absolute atomic E-state index is 0. The second kappa shape index (κ2) is 12.6. The van der Waals surface area contributed by atoms with Gasteiger partial charge in [0.05, 0.1) is 6.10 Å². The minimum atomic E-state index is -0.941. The molecule has 0 bridgehead atoms. The summed E-state index contributed by atoms with van der Waals surface area (Å²) in [6.07, 6.45) is 1.55. The lowest BCUT2D eigenvalue weighted by atomic mass is 10.1. The van der Waals surface area contributed by atoms with Gasteiger partial charge < -0.3 is 34.6 Å². The first kappa shape index (κ1) is 27.4. The van der Waals surface area contributed by atoms with Crippen LogP contribution in [0.3, 0.4) is 0 Å². The molecule has 0 aromatic heterocycles. The number of hydrogen-bond donors (Lipinski definition) is 1. The van der Waals surface area contributed by atoms with Crippen LogP contribution in [0.15, 0.2) is 42.5 Å². The topological polar surface area (TPSA) is 120 Å². The van der Waals surface area contributed by atoms with E-state index in [-0.39, 0.29) is 43.3 Å². The Morgan fingerprint density at radius 3 is 2.44 bits per heavy atom. The molecule has 0 radical (unpaired) electrons. The van der Waals surface area contributed by atoms with Gasteiger partial charge in [-0.05, 0) is 50.1 Å². The van der Waals surface area contributed by atoms with Gasteiger partial charge in [-0.1, -0.05) is 17.7 Å². The third-order valence-electron chi connectivity index (χ3n) is 5.83. The van der Waals surface area contributed by atoms with Crippen LogP contribution in [0.25, 0.3) is 0 Å². The summed E-state index contributed by atoms with van der Waals surface area (Å²) in [5, 5.41) is 8.78. The summed E-state index contributed by atoms with van der Waals surface area (Å²) in [5.74, 6) is 0.203. The number of fused-ring (bicyclic) bond motifs is 1. The first-order valence-corrected chi connectivity index (χ1v) is 10.8. The number of hydrogen-bond acceptors (Lipinski definition) is 6. The Morgan fingerprint density at radius 2 is 1.76 bits per heavy atom. The lowest BCUT2D eigenvalue weighted by molar-refractivity contribution is -0.145. The summed E-state index contributed by atoms with van der Waals surface area (Å²) in [6, 6.07) is 13.2. The number of carbonyl (C=O) groups is 2. The minimum Gasteiger partial charge on any atom is -0.480 e. The number of aliphatic carboxylic acids is 1. The fourth-order valence-electron chi connectivity index (χ4n) is 3.99. The highest BCUT2D eigenvalue weighted by molar-refractivity contribution is 6.06. The van der Waals surface area contributed by atoms with E-state index in [1.807, 2.05) is 31.2 Å². The summed E-state index contributed by atoms with van der Waals surface area (Å²) in [7, 11) is 0. The average Bonchev–Trinajstić information content (AvgIpc) is 3.27. The molecule has 3 N–H and O–H groups in total. The van der Waals surface area contributed by atoms with E-state index in [2.05, 4.69) is 4.90 Å². The van der Waals surface area contributed by atoms with Crippen molar-refractivity contribution in [1.29, 1.82) is 0 Å². The van der Waals surface area contributed by atoms with Crippen LogP contribution in [0, 0.1) is 6.92 Å². The molecule has 9 nitrogen and oxygen atoms in total. The fraction of sp³-hybridized carbons (Fsp3) is 0.417. The van der Waals surface area contributed by atoms with Crippen molar-refractivity contribution in [2.75, 3.05) is 44.5 Å². The molecule has 2 aromatic carbocycles. The predicted octanol–water partition coefficient (Wildman–Crippen LogP) is 2.53. The van der Waals surface area contributed by atoms with Crippen molar-refractivity contribution < 1.29 is 34.4 Å². The molecule has 0 saturated carbocycles. The molecule has 34 heavy (non-hydrogen) atoms. The van der Waals surface area contributed by atoms with Crippen LogP contribution < -0.4 is 14.4 Å². The summed E-state index contributed by atoms with van der Waals surface area (Å²) >= 11 is 0. The van der Waals surface area contributed by atoms with E-state index < -0.39 is 5.97 Å². The van der Waals surface area contributed by atoms with Crippen LogP contribution in [-0.2, 0) is 9.53 Å². The second-order valence-corrected chi connectivity index (χ2v) is 8.11. The van der Waals surface area contributed by atoms with Crippen molar-refractivity contribution in [2.24, 2.45) is 0 Å². The molecule has 2 aliphatic rings. The lowest BCUT2D eigenvalue weighted by Gasteiger charge is -2.33. The number of amides is 1. The van der Waals surface area contributed by atoms with Gasteiger partial charge in [-0.2, -0.15) is 0 Å². The van der Waals surface area contributed by atoms with Crippen LogP contribution in [0.5, 0.6) is 11.5 Å². The van der Waals surface area contributed by atoms with Crippen molar-refractivity contribution in [3.8, 4) is 11.5 Å². The number of carboxylic acid groups (broad SMARTS) is 1. The van der Waals surface area contributed by atoms with Crippen molar-refractivity contribution in [2.45, 2.75) is 25.9 Å². The Balaban J connectivity index is 0.00000204. The second-order valence-electron chi connectivity index (χ2n) is 8.11. The van der Waals surface area contributed by atoms with E-state index in [9.17, 15) is 9.59 Å². The highest BCUT2D eigenvalue weighted by atomic mass is 35.5. The van der Waals surface area contributed by atoms with E-state index in [1.165, 1.54) is 0 Å². The number of piperidine rings is 1. The number of nitrogens with zero attached hydrogens (tertiary/aromatic N) is 2. The average molecular weight is 495 g/mol. The monoisotopic (exact) mass is 494 g/mol. The van der Waals surface area contributed by atoms with E-state index in [1.54, 1.807) is 23.1 Å². The maximum atomic E-state index is 13.4. The molecule has 1 fully saturated rings. The number of ether oxygens (including phenoxy) is 3. The number of rotatable bonds is 8. The molecular formula is C24H31ClN2O7. The molecule has 2 heterocycles. The third kappa shape index (κ3) is 6.83. The summed E-state index contributed by atoms with van der Waals surface area (Å²) in [6.45, 7) is 4.81. The van der Waals surface area contributed by atoms with Gasteiger partial charge in [0.15, 0.2) is 11.5 Å². The highest BCUT2D eigenvalue weighted by Crippen LogP contribution is 2.33. The van der Waals surface area contributed by atoms with Crippen LogP contribution >= 0.6 is 12.4 Å². The molecule has 1 saturated heterocycles. The smallest absolute Gasteiger partial charge is 0.329 e. The zero-order chi connectivity index (χ0) is 22.5. The molecule has 2 aromatic rings. The Hall–Kier alpha value is -2.85. The zero-order valence-corrected chi connectivity index (χ0v) is 19.9. The van der Waals surface area contributed by atoms with E-state index in [4.69, 9.17) is 19.3 Å². The summed E-state index contributed by atoms with van der Waals surface area (Å²) < 4.78 is 16.2. The molecule has 0 spiro atoms. The predicted molar refractivity (Wildman–Crippen MR) is 129 cm³/mol. The van der Waals surface area contributed by atoms with Gasteiger partial charge in [-0.3, -0.25) is 4.79 Å². The maximum Gasteiger partial charge on any atom is 0.329 e. The van der Waals surface area contributed by atoms with Gasteiger partial charge >= 0.3 is 5.97 Å². The van der Waals surface area contributed by atoms with E-state index >= 15 is 0 Å². The summed E-state index contributed by atoms with van der Waals surface area (Å²) in [4.78, 5) is 28.2. The Bertz CT molecular complexity index is 962. The molecule has 186 valence electrons. The number of likely N-dealkylation sites (tertiary alicyclic amines) is 1. The maximum absolute atomic E-state index is 13.4. The van der Waals surface area contributed by atoms with Gasteiger partial charge in [0, 0.05) is 37.4 Å². The SMILES string of the molecule is Cc1ccc(N(CCN2CCC(OCC(=O)O)CC2)C(=O)c2ccc3c(c2)OCO3)cc1.Cl.O. The van der Waals surface area contributed by atoms with Crippen LogP contribution in [0.2, 0.25) is 0 Å². The van der Waals surface area contributed by atoms with Gasteiger partial charge in [0.2, 0.25) is 6.79 Å². The first-order valence-electron chi connectivity index (χ1n) is 10.8. The van der Waals surface area contributed by atoms with Crippen LogP contribution in [0.1, 0.15) is 28.8 Å². The molecule has 0 unspecified atom stereocenters.